The van der Waals surface area contributed by atoms with Crippen LogP contribution < -0.4 is 4.90 Å². The molecule has 1 aromatic heterocycles. The van der Waals surface area contributed by atoms with Gasteiger partial charge in [0.1, 0.15) is 17.1 Å². The number of aromatic nitrogens is 2. The van der Waals surface area contributed by atoms with Gasteiger partial charge < -0.3 is 4.74 Å². The van der Waals surface area contributed by atoms with Gasteiger partial charge in [-0.05, 0) is 64.5 Å². The van der Waals surface area contributed by atoms with E-state index in [-0.39, 0.29) is 41.5 Å². The summed E-state index contributed by atoms with van der Waals surface area (Å²) < 4.78 is 20.9. The molecule has 0 saturated heterocycles. The fraction of sp³-hybridized carbons (Fsp3) is 0.522. The highest BCUT2D eigenvalue weighted by molar-refractivity contribution is 6.02. The first kappa shape index (κ1) is 22.0. The van der Waals surface area contributed by atoms with E-state index in [1.807, 2.05) is 13.8 Å². The minimum Gasteiger partial charge on any atom is -0.462 e. The van der Waals surface area contributed by atoms with E-state index in [2.05, 4.69) is 12.0 Å². The van der Waals surface area contributed by atoms with Crippen molar-refractivity contribution < 1.29 is 18.7 Å². The summed E-state index contributed by atoms with van der Waals surface area (Å²) in [6.45, 7) is 7.89. The second-order valence-electron chi connectivity index (χ2n) is 8.24. The molecule has 6 nitrogen and oxygen atoms in total. The van der Waals surface area contributed by atoms with Crippen molar-refractivity contribution in [2.45, 2.75) is 59.4 Å². The Hall–Kier alpha value is -2.70. The molecular weight excluding hydrogens is 385 g/mol. The van der Waals surface area contributed by atoms with Crippen LogP contribution in [0.3, 0.4) is 0 Å². The number of benzene rings is 1. The number of carbonyl (C=O) groups is 2. The third-order valence-electron chi connectivity index (χ3n) is 5.64. The first-order valence-corrected chi connectivity index (χ1v) is 10.7. The number of para-hydroxylation sites is 1. The monoisotopic (exact) mass is 415 g/mol. The average Bonchev–Trinajstić information content (AvgIpc) is 3.13. The Morgan fingerprint density at radius 2 is 1.90 bits per heavy atom. The molecule has 0 radical (unpaired) electrons. The maximum absolute atomic E-state index is 14.4. The fourth-order valence-electron chi connectivity index (χ4n) is 3.96. The van der Waals surface area contributed by atoms with Crippen molar-refractivity contribution in [3.8, 4) is 5.69 Å². The number of rotatable bonds is 6. The van der Waals surface area contributed by atoms with Gasteiger partial charge in [0, 0.05) is 18.2 Å². The van der Waals surface area contributed by atoms with Crippen LogP contribution in [0.5, 0.6) is 0 Å². The molecule has 7 heteroatoms. The van der Waals surface area contributed by atoms with Crippen LogP contribution in [-0.2, 0) is 9.53 Å². The first-order valence-electron chi connectivity index (χ1n) is 10.7. The van der Waals surface area contributed by atoms with Crippen molar-refractivity contribution in [3.63, 3.8) is 0 Å². The number of esters is 1. The van der Waals surface area contributed by atoms with Crippen molar-refractivity contribution in [3.05, 3.63) is 41.8 Å². The zero-order valence-corrected chi connectivity index (χ0v) is 18.1. The van der Waals surface area contributed by atoms with Crippen LogP contribution in [0.2, 0.25) is 0 Å². The normalized spacial score (nSPS) is 19.0. The van der Waals surface area contributed by atoms with E-state index in [0.29, 0.717) is 5.92 Å². The van der Waals surface area contributed by atoms with Gasteiger partial charge in [0.25, 0.3) is 0 Å². The number of hydrogen-bond donors (Lipinski definition) is 0. The molecule has 2 aromatic rings. The van der Waals surface area contributed by atoms with Gasteiger partial charge in [0.05, 0.1) is 6.61 Å². The lowest BCUT2D eigenvalue weighted by Crippen LogP contribution is -2.43. The largest absolute Gasteiger partial charge is 0.462 e. The average molecular weight is 416 g/mol. The Bertz CT molecular complexity index is 901. The van der Waals surface area contributed by atoms with E-state index < -0.39 is 11.8 Å². The molecule has 0 unspecified atom stereocenters. The molecule has 162 valence electrons. The molecule has 1 saturated carbocycles. The Kier molecular flexibility index (Phi) is 6.90. The fourth-order valence-corrected chi connectivity index (χ4v) is 3.96. The summed E-state index contributed by atoms with van der Waals surface area (Å²) in [6.07, 6.45) is 5.11. The molecule has 0 bridgehead atoms. The predicted octanol–water partition coefficient (Wildman–Crippen LogP) is 4.76. The van der Waals surface area contributed by atoms with Crippen molar-refractivity contribution >= 4 is 17.7 Å². The highest BCUT2D eigenvalue weighted by atomic mass is 19.1. The van der Waals surface area contributed by atoms with E-state index in [4.69, 9.17) is 4.74 Å². The topological polar surface area (TPSA) is 64.4 Å². The van der Waals surface area contributed by atoms with E-state index in [0.717, 1.165) is 25.7 Å². The third-order valence-corrected chi connectivity index (χ3v) is 5.64. The van der Waals surface area contributed by atoms with Crippen LogP contribution in [0.4, 0.5) is 10.2 Å². The van der Waals surface area contributed by atoms with E-state index in [9.17, 15) is 14.0 Å². The second-order valence-corrected chi connectivity index (χ2v) is 8.24. The summed E-state index contributed by atoms with van der Waals surface area (Å²) in [4.78, 5) is 27.7. The van der Waals surface area contributed by atoms with Gasteiger partial charge in [-0.25, -0.2) is 13.9 Å². The molecule has 1 amide bonds. The molecule has 0 atom stereocenters. The predicted molar refractivity (Wildman–Crippen MR) is 113 cm³/mol. The first-order chi connectivity index (χ1) is 14.3. The van der Waals surface area contributed by atoms with Crippen molar-refractivity contribution in [1.82, 2.24) is 9.78 Å². The van der Waals surface area contributed by atoms with Crippen molar-refractivity contribution in [2.75, 3.05) is 11.5 Å². The summed E-state index contributed by atoms with van der Waals surface area (Å²) >= 11 is 0. The number of nitrogens with zero attached hydrogens (tertiary/aromatic N) is 3. The molecule has 0 aliphatic heterocycles. The maximum atomic E-state index is 14.4. The number of ether oxygens (including phenoxy) is 1. The third kappa shape index (κ3) is 4.55. The number of carbonyl (C=O) groups excluding carboxylic acids is 2. The van der Waals surface area contributed by atoms with Gasteiger partial charge >= 0.3 is 5.97 Å². The standard InChI is InChI=1S/C23H30FN3O3/c1-5-30-23(29)18-14-26(20-9-7-6-8-19(20)24)25-21(18)27(15(2)3)22(28)17-12-10-16(4)11-13-17/h6-9,14-17H,5,10-13H2,1-4H3. The number of anilines is 1. The number of halogens is 1. The summed E-state index contributed by atoms with van der Waals surface area (Å²) in [7, 11) is 0. The van der Waals surface area contributed by atoms with Gasteiger partial charge in [-0.3, -0.25) is 9.69 Å². The molecule has 1 fully saturated rings. The molecule has 0 N–H and O–H groups in total. The van der Waals surface area contributed by atoms with Crippen molar-refractivity contribution in [1.29, 1.82) is 0 Å². The molecular formula is C23H30FN3O3. The number of hydrogen-bond acceptors (Lipinski definition) is 4. The second kappa shape index (κ2) is 9.41. The van der Waals surface area contributed by atoms with Gasteiger partial charge in [-0.15, -0.1) is 5.10 Å². The smallest absolute Gasteiger partial charge is 0.343 e. The van der Waals surface area contributed by atoms with Crippen LogP contribution >= 0.6 is 0 Å². The summed E-state index contributed by atoms with van der Waals surface area (Å²) in [5.41, 5.74) is 0.364. The minimum absolute atomic E-state index is 0.0405. The molecule has 1 aromatic carbocycles. The van der Waals surface area contributed by atoms with Gasteiger partial charge in [-0.1, -0.05) is 19.1 Å². The quantitative estimate of drug-likeness (QED) is 0.639. The Morgan fingerprint density at radius 3 is 2.50 bits per heavy atom. The molecule has 3 rings (SSSR count). The van der Waals surface area contributed by atoms with Crippen LogP contribution in [0.25, 0.3) is 5.69 Å². The lowest BCUT2D eigenvalue weighted by atomic mass is 9.82. The SMILES string of the molecule is CCOC(=O)c1cn(-c2ccccc2F)nc1N(C(=O)C1CCC(C)CC1)C(C)C. The molecule has 0 spiro atoms. The van der Waals surface area contributed by atoms with E-state index in [1.165, 1.54) is 16.9 Å². The minimum atomic E-state index is -0.578. The molecule has 1 aliphatic carbocycles. The van der Waals surface area contributed by atoms with Crippen LogP contribution in [0.15, 0.2) is 30.5 Å². The lowest BCUT2D eigenvalue weighted by Gasteiger charge is -2.32. The zero-order chi connectivity index (χ0) is 21.8. The van der Waals surface area contributed by atoms with Gasteiger partial charge in [-0.2, -0.15) is 0 Å². The van der Waals surface area contributed by atoms with E-state index in [1.54, 1.807) is 30.0 Å². The Labute approximate surface area is 177 Å². The number of amides is 1. The Balaban J connectivity index is 2.04. The summed E-state index contributed by atoms with van der Waals surface area (Å²) in [5.74, 6) is -0.345. The van der Waals surface area contributed by atoms with Crippen LogP contribution in [-0.4, -0.2) is 34.3 Å². The maximum Gasteiger partial charge on any atom is 0.343 e. The zero-order valence-electron chi connectivity index (χ0n) is 18.1. The summed E-state index contributed by atoms with van der Waals surface area (Å²) in [6, 6.07) is 5.97. The highest BCUT2D eigenvalue weighted by Crippen LogP contribution is 2.33. The Morgan fingerprint density at radius 1 is 1.23 bits per heavy atom. The van der Waals surface area contributed by atoms with Gasteiger partial charge in [0.2, 0.25) is 5.91 Å². The lowest BCUT2D eigenvalue weighted by molar-refractivity contribution is -0.123. The summed E-state index contributed by atoms with van der Waals surface area (Å²) in [5, 5.41) is 4.48. The van der Waals surface area contributed by atoms with Crippen molar-refractivity contribution in [2.24, 2.45) is 11.8 Å². The van der Waals surface area contributed by atoms with Gasteiger partial charge in [0.15, 0.2) is 5.82 Å². The highest BCUT2D eigenvalue weighted by Gasteiger charge is 2.34. The molecule has 30 heavy (non-hydrogen) atoms. The van der Waals surface area contributed by atoms with E-state index >= 15 is 0 Å². The molecule has 1 aliphatic rings. The van der Waals surface area contributed by atoms with Crippen LogP contribution in [0, 0.1) is 17.7 Å². The molecule has 1 heterocycles. The van der Waals surface area contributed by atoms with Crippen LogP contribution in [0.1, 0.15) is 63.7 Å².